The van der Waals surface area contributed by atoms with Crippen molar-refractivity contribution in [2.75, 3.05) is 25.0 Å². The van der Waals surface area contributed by atoms with E-state index in [0.717, 1.165) is 63.2 Å². The topological polar surface area (TPSA) is 96.3 Å². The number of nitrogens with one attached hydrogen (secondary N) is 1. The average molecular weight is 551 g/mol. The van der Waals surface area contributed by atoms with Gasteiger partial charge in [-0.15, -0.1) is 0 Å². The number of pyridine rings is 1. The molecule has 0 amide bonds. The quantitative estimate of drug-likeness (QED) is 0.244. The van der Waals surface area contributed by atoms with Crippen LogP contribution in [0.5, 0.6) is 11.5 Å². The van der Waals surface area contributed by atoms with E-state index in [-0.39, 0.29) is 0 Å². The van der Waals surface area contributed by atoms with Gasteiger partial charge in [0, 0.05) is 43.2 Å². The first-order chi connectivity index (χ1) is 19.5. The van der Waals surface area contributed by atoms with E-state index in [4.69, 9.17) is 9.72 Å². The molecular formula is C31H30N6O2S. The van der Waals surface area contributed by atoms with Crippen molar-refractivity contribution in [2.24, 2.45) is 17.8 Å². The molecule has 1 unspecified atom stereocenters. The maximum atomic E-state index is 9.40. The lowest BCUT2D eigenvalue weighted by Crippen LogP contribution is -2.24. The number of likely N-dealkylation sites (tertiary alicyclic amines) is 1. The highest BCUT2D eigenvalue weighted by molar-refractivity contribution is 7.21. The Morgan fingerprint density at radius 1 is 1.00 bits per heavy atom. The average Bonchev–Trinajstić information content (AvgIpc) is 3.26. The molecule has 8 nitrogen and oxygen atoms in total. The Morgan fingerprint density at radius 2 is 1.82 bits per heavy atom. The smallest absolute Gasteiger partial charge is 0.161 e. The third kappa shape index (κ3) is 4.92. The van der Waals surface area contributed by atoms with E-state index < -0.39 is 0 Å². The van der Waals surface area contributed by atoms with Gasteiger partial charge in [0.15, 0.2) is 5.82 Å². The van der Waals surface area contributed by atoms with Gasteiger partial charge in [-0.3, -0.25) is 9.88 Å². The lowest BCUT2D eigenvalue weighted by atomic mass is 10.1. The number of hydrogen-bond acceptors (Lipinski definition) is 9. The minimum atomic E-state index is 0.342. The number of aliphatic hydroxyl groups is 1. The van der Waals surface area contributed by atoms with Gasteiger partial charge >= 0.3 is 0 Å². The predicted molar refractivity (Wildman–Crippen MR) is 157 cm³/mol. The number of hydrogen-bond donors (Lipinski definition) is 2. The fourth-order valence-corrected chi connectivity index (χ4v) is 6.65. The van der Waals surface area contributed by atoms with Gasteiger partial charge in [-0.2, -0.15) is 0 Å². The largest absolute Gasteiger partial charge is 0.455 e. The second kappa shape index (κ2) is 10.2. The van der Waals surface area contributed by atoms with Crippen molar-refractivity contribution < 1.29 is 9.84 Å². The summed E-state index contributed by atoms with van der Waals surface area (Å²) in [6.07, 6.45) is 3.31. The van der Waals surface area contributed by atoms with E-state index in [0.29, 0.717) is 35.9 Å². The third-order valence-electron chi connectivity index (χ3n) is 8.01. The second-order valence-corrected chi connectivity index (χ2v) is 11.8. The molecule has 1 aliphatic heterocycles. The van der Waals surface area contributed by atoms with Crippen LogP contribution in [-0.2, 0) is 6.54 Å². The van der Waals surface area contributed by atoms with Crippen LogP contribution < -0.4 is 10.1 Å². The van der Waals surface area contributed by atoms with Crippen LogP contribution in [0.3, 0.4) is 0 Å². The summed E-state index contributed by atoms with van der Waals surface area (Å²) in [5, 5.41) is 13.7. The van der Waals surface area contributed by atoms with Crippen LogP contribution in [-0.4, -0.2) is 49.6 Å². The standard InChI is InChI=1S/C31H30N6O2S/c1-18-11-22(8-10-27(18)39-23-9-3-19(2)32-12-23)35-29-28-31(34-17-33-29)40-30(36-28)21-6-4-20(5-7-21)13-37-14-24-25(15-37)26(24)16-38/h3-12,17,24-26,38H,13-16H2,1-2H3,(H,33,34,35)/t24-,25+,26?. The van der Waals surface area contributed by atoms with Gasteiger partial charge in [0.1, 0.15) is 33.2 Å². The molecule has 2 N–H and O–H groups in total. The van der Waals surface area contributed by atoms with Crippen LogP contribution >= 0.6 is 11.3 Å². The van der Waals surface area contributed by atoms with Gasteiger partial charge in [0.25, 0.3) is 0 Å². The summed E-state index contributed by atoms with van der Waals surface area (Å²) in [4.78, 5) is 21.5. The van der Waals surface area contributed by atoms with Crippen LogP contribution in [0, 0.1) is 31.6 Å². The zero-order valence-electron chi connectivity index (χ0n) is 22.4. The Bertz CT molecular complexity index is 1660. The molecule has 9 heteroatoms. The van der Waals surface area contributed by atoms with Gasteiger partial charge in [0.2, 0.25) is 0 Å². The normalized spacial score (nSPS) is 20.0. The Morgan fingerprint density at radius 3 is 2.55 bits per heavy atom. The number of anilines is 2. The fraction of sp³-hybridized carbons (Fsp3) is 0.290. The molecule has 0 spiro atoms. The van der Waals surface area contributed by atoms with Gasteiger partial charge in [0.05, 0.1) is 6.20 Å². The summed E-state index contributed by atoms with van der Waals surface area (Å²) in [7, 11) is 0. The first kappa shape index (κ1) is 25.1. The van der Waals surface area contributed by atoms with Gasteiger partial charge in [-0.05, 0) is 73.1 Å². The van der Waals surface area contributed by atoms with Crippen molar-refractivity contribution in [3.05, 3.63) is 83.9 Å². The molecule has 0 bridgehead atoms. The van der Waals surface area contributed by atoms with Gasteiger partial charge in [-0.1, -0.05) is 35.6 Å². The fourth-order valence-electron chi connectivity index (χ4n) is 5.74. The molecule has 5 aromatic rings. The molecule has 2 fully saturated rings. The molecule has 2 aliphatic rings. The maximum absolute atomic E-state index is 9.40. The van der Waals surface area contributed by atoms with E-state index in [2.05, 4.69) is 49.4 Å². The van der Waals surface area contributed by atoms with E-state index >= 15 is 0 Å². The molecule has 2 aromatic carbocycles. The zero-order valence-corrected chi connectivity index (χ0v) is 23.2. The predicted octanol–water partition coefficient (Wildman–Crippen LogP) is 5.97. The molecule has 3 atom stereocenters. The SMILES string of the molecule is Cc1ccc(Oc2ccc(Nc3ncnc4sc(-c5ccc(CN6C[C@@H]7C(CO)[C@@H]7C6)cc5)nc34)cc2C)cn1. The summed E-state index contributed by atoms with van der Waals surface area (Å²) < 4.78 is 6.01. The van der Waals surface area contributed by atoms with Crippen molar-refractivity contribution in [3.63, 3.8) is 0 Å². The molecule has 0 radical (unpaired) electrons. The Labute approximate surface area is 236 Å². The molecule has 7 rings (SSSR count). The maximum Gasteiger partial charge on any atom is 0.161 e. The first-order valence-corrected chi connectivity index (χ1v) is 14.4. The van der Waals surface area contributed by atoms with Crippen LogP contribution in [0.25, 0.3) is 20.9 Å². The molecule has 4 heterocycles. The van der Waals surface area contributed by atoms with Crippen molar-refractivity contribution in [3.8, 4) is 22.1 Å². The van der Waals surface area contributed by atoms with Crippen LogP contribution in [0.2, 0.25) is 0 Å². The highest BCUT2D eigenvalue weighted by Crippen LogP contribution is 2.51. The van der Waals surface area contributed by atoms with Crippen LogP contribution in [0.1, 0.15) is 16.8 Å². The summed E-state index contributed by atoms with van der Waals surface area (Å²) in [5.74, 6) is 4.09. The molecule has 1 saturated carbocycles. The number of nitrogens with zero attached hydrogens (tertiary/aromatic N) is 5. The lowest BCUT2D eigenvalue weighted by Gasteiger charge is -2.19. The number of aryl methyl sites for hydroxylation is 2. The van der Waals surface area contributed by atoms with Crippen LogP contribution in [0.15, 0.2) is 67.1 Å². The Kier molecular flexibility index (Phi) is 6.42. The number of aromatic nitrogens is 4. The third-order valence-corrected chi connectivity index (χ3v) is 9.02. The van der Waals surface area contributed by atoms with E-state index in [1.54, 1.807) is 23.9 Å². The summed E-state index contributed by atoms with van der Waals surface area (Å²) in [6.45, 7) is 7.46. The van der Waals surface area contributed by atoms with Crippen LogP contribution in [0.4, 0.5) is 11.5 Å². The number of aliphatic hydroxyl groups excluding tert-OH is 1. The molecule has 40 heavy (non-hydrogen) atoms. The molecule has 1 saturated heterocycles. The molecule has 1 aliphatic carbocycles. The van der Waals surface area contributed by atoms with E-state index in [1.807, 2.05) is 44.2 Å². The molecule has 3 aromatic heterocycles. The summed E-state index contributed by atoms with van der Waals surface area (Å²) in [6, 6.07) is 18.5. The summed E-state index contributed by atoms with van der Waals surface area (Å²) >= 11 is 1.57. The Hall–Kier alpha value is -3.92. The Balaban J connectivity index is 1.05. The number of piperidine rings is 1. The number of benzene rings is 2. The highest BCUT2D eigenvalue weighted by atomic mass is 32.1. The zero-order chi connectivity index (χ0) is 27.2. The lowest BCUT2D eigenvalue weighted by molar-refractivity contribution is 0.217. The number of fused-ring (bicyclic) bond motifs is 2. The number of thiazole rings is 1. The number of ether oxygens (including phenoxy) is 1. The van der Waals surface area contributed by atoms with Gasteiger partial charge in [-0.25, -0.2) is 15.0 Å². The van der Waals surface area contributed by atoms with Crippen molar-refractivity contribution in [2.45, 2.75) is 20.4 Å². The van der Waals surface area contributed by atoms with E-state index in [1.165, 1.54) is 5.56 Å². The monoisotopic (exact) mass is 550 g/mol. The van der Waals surface area contributed by atoms with Crippen molar-refractivity contribution >= 4 is 33.2 Å². The van der Waals surface area contributed by atoms with Crippen molar-refractivity contribution in [1.82, 2.24) is 24.8 Å². The first-order valence-electron chi connectivity index (χ1n) is 13.6. The van der Waals surface area contributed by atoms with Gasteiger partial charge < -0.3 is 15.2 Å². The second-order valence-electron chi connectivity index (χ2n) is 10.8. The molecule has 202 valence electrons. The van der Waals surface area contributed by atoms with E-state index in [9.17, 15) is 5.11 Å². The molecular weight excluding hydrogens is 520 g/mol. The highest BCUT2D eigenvalue weighted by Gasteiger charge is 2.54. The van der Waals surface area contributed by atoms with Crippen molar-refractivity contribution in [1.29, 1.82) is 0 Å². The number of rotatable bonds is 8. The minimum Gasteiger partial charge on any atom is -0.455 e. The minimum absolute atomic E-state index is 0.342. The summed E-state index contributed by atoms with van der Waals surface area (Å²) in [5.41, 5.74) is 5.98.